The van der Waals surface area contributed by atoms with Crippen LogP contribution in [-0.4, -0.2) is 20.9 Å². The Morgan fingerprint density at radius 2 is 1.57 bits per heavy atom. The van der Waals surface area contributed by atoms with Crippen molar-refractivity contribution in [3.63, 3.8) is 0 Å². The van der Waals surface area contributed by atoms with Crippen LogP contribution in [0.25, 0.3) is 0 Å². The number of amides is 1. The SMILES string of the molecule is O=C(COc1ccc(S(=O)(=O)Nc2ccc(Cl)cc2)cc1)NCc1ccccc1Cl. The van der Waals surface area contributed by atoms with Gasteiger partial charge in [-0.05, 0) is 60.2 Å². The zero-order chi connectivity index (χ0) is 21.6. The first-order valence-electron chi connectivity index (χ1n) is 8.85. The lowest BCUT2D eigenvalue weighted by Gasteiger charge is -2.10. The lowest BCUT2D eigenvalue weighted by atomic mass is 10.2. The van der Waals surface area contributed by atoms with E-state index in [0.717, 1.165) is 5.56 Å². The van der Waals surface area contributed by atoms with E-state index in [1.54, 1.807) is 30.3 Å². The Bertz CT molecular complexity index is 1120. The van der Waals surface area contributed by atoms with E-state index in [1.165, 1.54) is 24.3 Å². The molecule has 0 aromatic heterocycles. The summed E-state index contributed by atoms with van der Waals surface area (Å²) >= 11 is 11.8. The molecule has 0 aliphatic rings. The minimum absolute atomic E-state index is 0.0629. The summed E-state index contributed by atoms with van der Waals surface area (Å²) in [5.41, 5.74) is 1.20. The fourth-order valence-corrected chi connectivity index (χ4v) is 3.87. The summed E-state index contributed by atoms with van der Waals surface area (Å²) in [6, 6.07) is 19.3. The van der Waals surface area contributed by atoms with Gasteiger partial charge in [-0.1, -0.05) is 41.4 Å². The largest absolute Gasteiger partial charge is 0.484 e. The quantitative estimate of drug-likeness (QED) is 0.514. The van der Waals surface area contributed by atoms with E-state index >= 15 is 0 Å². The van der Waals surface area contributed by atoms with Gasteiger partial charge in [0, 0.05) is 22.3 Å². The number of hydrogen-bond donors (Lipinski definition) is 2. The highest BCUT2D eigenvalue weighted by atomic mass is 35.5. The molecule has 0 atom stereocenters. The van der Waals surface area contributed by atoms with E-state index in [1.807, 2.05) is 18.2 Å². The minimum atomic E-state index is -3.76. The third-order valence-corrected chi connectivity index (χ3v) is 6.05. The molecule has 2 N–H and O–H groups in total. The van der Waals surface area contributed by atoms with Crippen LogP contribution in [0.2, 0.25) is 10.0 Å². The van der Waals surface area contributed by atoms with Crippen molar-refractivity contribution in [2.45, 2.75) is 11.4 Å². The second-order valence-corrected chi connectivity index (χ2v) is 8.77. The average molecular weight is 465 g/mol. The van der Waals surface area contributed by atoms with Crippen LogP contribution < -0.4 is 14.8 Å². The van der Waals surface area contributed by atoms with Gasteiger partial charge in [0.05, 0.1) is 4.90 Å². The number of carbonyl (C=O) groups is 1. The number of sulfonamides is 1. The molecule has 0 heterocycles. The first-order valence-corrected chi connectivity index (χ1v) is 11.1. The molecule has 1 amide bonds. The van der Waals surface area contributed by atoms with Crippen molar-refractivity contribution in [1.29, 1.82) is 0 Å². The predicted octanol–water partition coefficient (Wildman–Crippen LogP) is 4.49. The van der Waals surface area contributed by atoms with E-state index < -0.39 is 10.0 Å². The maximum absolute atomic E-state index is 12.5. The predicted molar refractivity (Wildman–Crippen MR) is 117 cm³/mol. The van der Waals surface area contributed by atoms with E-state index in [0.29, 0.717) is 21.5 Å². The number of rotatable bonds is 8. The molecule has 0 unspecified atom stereocenters. The molecular formula is C21H18Cl2N2O4S. The second-order valence-electron chi connectivity index (χ2n) is 6.24. The van der Waals surface area contributed by atoms with Crippen molar-refractivity contribution >= 4 is 44.8 Å². The first kappa shape index (κ1) is 22.0. The highest BCUT2D eigenvalue weighted by molar-refractivity contribution is 7.92. The lowest BCUT2D eigenvalue weighted by molar-refractivity contribution is -0.123. The highest BCUT2D eigenvalue weighted by Crippen LogP contribution is 2.20. The summed E-state index contributed by atoms with van der Waals surface area (Å²) in [7, 11) is -3.76. The number of hydrogen-bond acceptors (Lipinski definition) is 4. The van der Waals surface area contributed by atoms with Gasteiger partial charge in [-0.15, -0.1) is 0 Å². The Morgan fingerprint density at radius 3 is 2.23 bits per heavy atom. The van der Waals surface area contributed by atoms with Gasteiger partial charge in [-0.25, -0.2) is 8.42 Å². The Hall–Kier alpha value is -2.74. The van der Waals surface area contributed by atoms with Crippen LogP contribution in [-0.2, 0) is 21.4 Å². The molecular weight excluding hydrogens is 447 g/mol. The van der Waals surface area contributed by atoms with Crippen molar-refractivity contribution < 1.29 is 17.9 Å². The van der Waals surface area contributed by atoms with Crippen LogP contribution in [0.3, 0.4) is 0 Å². The topological polar surface area (TPSA) is 84.5 Å². The maximum atomic E-state index is 12.5. The van der Waals surface area contributed by atoms with E-state index in [4.69, 9.17) is 27.9 Å². The molecule has 156 valence electrons. The third kappa shape index (κ3) is 6.13. The zero-order valence-electron chi connectivity index (χ0n) is 15.6. The van der Waals surface area contributed by atoms with E-state index in [-0.39, 0.29) is 24.0 Å². The molecule has 9 heteroatoms. The number of halogens is 2. The van der Waals surface area contributed by atoms with Gasteiger partial charge in [0.25, 0.3) is 15.9 Å². The summed E-state index contributed by atoms with van der Waals surface area (Å²) in [6.45, 7) is 0.0784. The summed E-state index contributed by atoms with van der Waals surface area (Å²) < 4.78 is 32.8. The number of ether oxygens (including phenoxy) is 1. The number of carbonyl (C=O) groups excluding carboxylic acids is 1. The van der Waals surface area contributed by atoms with Crippen LogP contribution in [0.1, 0.15) is 5.56 Å². The molecule has 0 bridgehead atoms. The lowest BCUT2D eigenvalue weighted by Crippen LogP contribution is -2.28. The third-order valence-electron chi connectivity index (χ3n) is 4.03. The summed E-state index contributed by atoms with van der Waals surface area (Å²) in [6.07, 6.45) is 0. The minimum Gasteiger partial charge on any atom is -0.484 e. The van der Waals surface area contributed by atoms with E-state index in [2.05, 4.69) is 10.0 Å². The van der Waals surface area contributed by atoms with Crippen LogP contribution in [0.4, 0.5) is 5.69 Å². The molecule has 0 fully saturated rings. The summed E-state index contributed by atoms with van der Waals surface area (Å²) in [5, 5.41) is 3.79. The molecule has 0 aliphatic carbocycles. The summed E-state index contributed by atoms with van der Waals surface area (Å²) in [5.74, 6) is 0.0457. The highest BCUT2D eigenvalue weighted by Gasteiger charge is 2.14. The molecule has 3 aromatic carbocycles. The van der Waals surface area contributed by atoms with Crippen molar-refractivity contribution in [3.05, 3.63) is 88.4 Å². The van der Waals surface area contributed by atoms with Gasteiger partial charge in [-0.2, -0.15) is 0 Å². The molecule has 0 aliphatic heterocycles. The van der Waals surface area contributed by atoms with Crippen molar-refractivity contribution in [1.82, 2.24) is 5.32 Å². The fourth-order valence-electron chi connectivity index (χ4n) is 2.48. The Kier molecular flexibility index (Phi) is 7.20. The van der Waals surface area contributed by atoms with Crippen LogP contribution in [0.5, 0.6) is 5.75 Å². The Labute approximate surface area is 184 Å². The molecule has 0 radical (unpaired) electrons. The smallest absolute Gasteiger partial charge is 0.261 e. The van der Waals surface area contributed by atoms with Gasteiger partial charge >= 0.3 is 0 Å². The monoisotopic (exact) mass is 464 g/mol. The second kappa shape index (κ2) is 9.84. The number of anilines is 1. The Balaban J connectivity index is 1.53. The molecule has 0 saturated carbocycles. The standard InChI is InChI=1S/C21H18Cl2N2O4S/c22-16-5-7-17(8-6-16)25-30(27,28)19-11-9-18(10-12-19)29-14-21(26)24-13-15-3-1-2-4-20(15)23/h1-12,25H,13-14H2,(H,24,26). The van der Waals surface area contributed by atoms with Gasteiger partial charge in [-0.3, -0.25) is 9.52 Å². The van der Waals surface area contributed by atoms with Crippen molar-refractivity contribution in [2.75, 3.05) is 11.3 Å². The molecule has 3 rings (SSSR count). The van der Waals surface area contributed by atoms with Gasteiger partial charge in [0.2, 0.25) is 0 Å². The fraction of sp³-hybridized carbons (Fsp3) is 0.0952. The average Bonchev–Trinajstić information content (AvgIpc) is 2.73. The van der Waals surface area contributed by atoms with Gasteiger partial charge in [0.15, 0.2) is 6.61 Å². The van der Waals surface area contributed by atoms with Gasteiger partial charge in [0.1, 0.15) is 5.75 Å². The molecule has 0 saturated heterocycles. The molecule has 0 spiro atoms. The van der Waals surface area contributed by atoms with E-state index in [9.17, 15) is 13.2 Å². The molecule has 3 aromatic rings. The normalized spacial score (nSPS) is 11.0. The summed E-state index contributed by atoms with van der Waals surface area (Å²) in [4.78, 5) is 12.0. The van der Waals surface area contributed by atoms with Crippen molar-refractivity contribution in [3.8, 4) is 5.75 Å². The van der Waals surface area contributed by atoms with Crippen LogP contribution in [0, 0.1) is 0 Å². The van der Waals surface area contributed by atoms with Gasteiger partial charge < -0.3 is 10.1 Å². The number of benzene rings is 3. The first-order chi connectivity index (χ1) is 14.3. The number of nitrogens with one attached hydrogen (secondary N) is 2. The van der Waals surface area contributed by atoms with Crippen LogP contribution >= 0.6 is 23.2 Å². The van der Waals surface area contributed by atoms with Crippen LogP contribution in [0.15, 0.2) is 77.7 Å². The maximum Gasteiger partial charge on any atom is 0.261 e. The zero-order valence-corrected chi connectivity index (χ0v) is 18.0. The molecule has 30 heavy (non-hydrogen) atoms. The molecule has 6 nitrogen and oxygen atoms in total. The van der Waals surface area contributed by atoms with Crippen molar-refractivity contribution in [2.24, 2.45) is 0 Å². The Morgan fingerprint density at radius 1 is 0.900 bits per heavy atom.